The molecule has 2 heteroatoms. The van der Waals surface area contributed by atoms with E-state index in [1.165, 1.54) is 22.3 Å². The molecule has 1 aliphatic carbocycles. The fourth-order valence-electron chi connectivity index (χ4n) is 1.51. The number of hydrogen-bond donors (Lipinski definition) is 0. The summed E-state index contributed by atoms with van der Waals surface area (Å²) in [6.45, 7) is 8.83. The van der Waals surface area contributed by atoms with Gasteiger partial charge in [-0.2, -0.15) is 0 Å². The Morgan fingerprint density at radius 1 is 1.00 bits per heavy atom. The van der Waals surface area contributed by atoms with E-state index in [-0.39, 0.29) is 14.5 Å². The first kappa shape index (κ1) is 9.40. The van der Waals surface area contributed by atoms with Crippen molar-refractivity contribution in [3.05, 3.63) is 22.3 Å². The molecule has 0 spiro atoms. The zero-order valence-electron chi connectivity index (χ0n) is 7.46. The van der Waals surface area contributed by atoms with Gasteiger partial charge in [-0.3, -0.25) is 0 Å². The monoisotopic (exact) mass is 230 g/mol. The molecule has 1 aliphatic rings. The molecule has 2 radical (unpaired) electrons. The van der Waals surface area contributed by atoms with Crippen molar-refractivity contribution in [3.8, 4) is 0 Å². The van der Waals surface area contributed by atoms with Gasteiger partial charge in [0.15, 0.2) is 0 Å². The zero-order valence-corrected chi connectivity index (χ0v) is 10.3. The molecule has 0 saturated heterocycles. The first-order chi connectivity index (χ1) is 5.09. The van der Waals surface area contributed by atoms with Crippen molar-refractivity contribution in [2.75, 3.05) is 0 Å². The van der Waals surface area contributed by atoms with Gasteiger partial charge in [-0.15, -0.1) is 0 Å². The van der Waals surface area contributed by atoms with Gasteiger partial charge in [-0.1, -0.05) is 0 Å². The fraction of sp³-hybridized carbons (Fsp3) is 0.556. The van der Waals surface area contributed by atoms with Crippen LogP contribution in [0.25, 0.3) is 0 Å². The van der Waals surface area contributed by atoms with Gasteiger partial charge in [-0.05, 0) is 0 Å². The summed E-state index contributed by atoms with van der Waals surface area (Å²) in [5, 5.41) is 0. The van der Waals surface area contributed by atoms with E-state index >= 15 is 0 Å². The molecule has 0 aliphatic heterocycles. The molecule has 0 atom stereocenters. The number of hydrogen-bond acceptors (Lipinski definition) is 0. The summed E-state index contributed by atoms with van der Waals surface area (Å²) in [4.78, 5) is 0. The van der Waals surface area contributed by atoms with E-state index in [1.807, 2.05) is 0 Å². The third-order valence-corrected chi connectivity index (χ3v) is 6.13. The first-order valence-corrected chi connectivity index (χ1v) is 7.77. The van der Waals surface area contributed by atoms with E-state index in [0.717, 1.165) is 0 Å². The maximum atomic E-state index is 5.98. The Kier molecular flexibility index (Phi) is 2.87. The second kappa shape index (κ2) is 3.36. The van der Waals surface area contributed by atoms with Gasteiger partial charge in [-0.25, -0.2) is 0 Å². The molecule has 0 saturated carbocycles. The Morgan fingerprint density at radius 3 is 1.55 bits per heavy atom. The Morgan fingerprint density at radius 2 is 1.36 bits per heavy atom. The van der Waals surface area contributed by atoms with Gasteiger partial charge in [0.25, 0.3) is 0 Å². The van der Waals surface area contributed by atoms with Crippen LogP contribution in [0, 0.1) is 0 Å². The van der Waals surface area contributed by atoms with Gasteiger partial charge in [0.2, 0.25) is 0 Å². The number of rotatable bonds is 1. The topological polar surface area (TPSA) is 0 Å². The van der Waals surface area contributed by atoms with E-state index in [0.29, 0.717) is 4.75 Å². The molecule has 11 heavy (non-hydrogen) atoms. The van der Waals surface area contributed by atoms with Crippen molar-refractivity contribution in [3.63, 3.8) is 0 Å². The second-order valence-electron chi connectivity index (χ2n) is 3.16. The van der Waals surface area contributed by atoms with Crippen molar-refractivity contribution in [1.29, 1.82) is 0 Å². The third kappa shape index (κ3) is 1.43. The van der Waals surface area contributed by atoms with Crippen LogP contribution in [0.3, 0.4) is 0 Å². The molecule has 0 fully saturated rings. The Bertz CT molecular complexity index is 214. The second-order valence-corrected chi connectivity index (χ2v) is 5.96. The minimum absolute atomic E-state index is 0.298. The van der Waals surface area contributed by atoms with Crippen molar-refractivity contribution in [2.24, 2.45) is 0 Å². The molecule has 0 amide bonds. The summed E-state index contributed by atoms with van der Waals surface area (Å²) >= 11 is -0.298. The van der Waals surface area contributed by atoms with Crippen LogP contribution in [0.4, 0.5) is 0 Å². The van der Waals surface area contributed by atoms with Gasteiger partial charge in [0.1, 0.15) is 0 Å². The molecule has 0 heterocycles. The van der Waals surface area contributed by atoms with E-state index in [1.54, 1.807) is 0 Å². The minimum atomic E-state index is -0.298. The molecule has 0 aromatic heterocycles. The van der Waals surface area contributed by atoms with Crippen molar-refractivity contribution in [2.45, 2.75) is 32.4 Å². The summed E-state index contributed by atoms with van der Waals surface area (Å²) in [5.74, 6) is 0. The normalized spacial score (nSPS) is 20.5. The standard InChI is InChI=1S/C9H13ClGe/c1-5-6(2)8(4)9(11-10)7(5)3/h9H,1-4H3. The van der Waals surface area contributed by atoms with E-state index in [4.69, 9.17) is 10.0 Å². The Hall–Kier alpha value is 0.313. The summed E-state index contributed by atoms with van der Waals surface area (Å²) in [5.41, 5.74) is 5.96. The molecule has 0 aromatic carbocycles. The fourth-order valence-corrected chi connectivity index (χ4v) is 4.81. The molecular weight excluding hydrogens is 216 g/mol. The molecule has 0 N–H and O–H groups in total. The number of allylic oxidation sites excluding steroid dienone is 4. The van der Waals surface area contributed by atoms with Crippen LogP contribution in [-0.4, -0.2) is 14.5 Å². The van der Waals surface area contributed by atoms with Crippen molar-refractivity contribution < 1.29 is 0 Å². The maximum absolute atomic E-state index is 5.98. The Balaban J connectivity index is 3.04. The predicted octanol–water partition coefficient (Wildman–Crippen LogP) is 3.32. The van der Waals surface area contributed by atoms with Gasteiger partial charge >= 0.3 is 79.2 Å². The van der Waals surface area contributed by atoms with E-state index in [9.17, 15) is 0 Å². The average Bonchev–Trinajstić information content (AvgIpc) is 2.17. The molecule has 0 bridgehead atoms. The first-order valence-electron chi connectivity index (χ1n) is 3.81. The molecule has 0 aromatic rings. The summed E-state index contributed by atoms with van der Waals surface area (Å²) in [6, 6.07) is 0. The van der Waals surface area contributed by atoms with Crippen LogP contribution in [0.2, 0.25) is 4.75 Å². The SMILES string of the molecule is CC1=C(C)[CH]([Ge][Cl])C(C)=C1C. The molecule has 1 rings (SSSR count). The summed E-state index contributed by atoms with van der Waals surface area (Å²) in [6.07, 6.45) is 0. The molecule has 60 valence electrons. The Labute approximate surface area is 79.4 Å². The van der Waals surface area contributed by atoms with Crippen LogP contribution in [0.15, 0.2) is 22.3 Å². The van der Waals surface area contributed by atoms with Crippen LogP contribution >= 0.6 is 10.0 Å². The van der Waals surface area contributed by atoms with Crippen LogP contribution < -0.4 is 0 Å². The molecular formula is C9H13ClGe. The third-order valence-electron chi connectivity index (χ3n) is 2.72. The van der Waals surface area contributed by atoms with Crippen molar-refractivity contribution >= 4 is 24.5 Å². The van der Waals surface area contributed by atoms with Crippen LogP contribution in [0.1, 0.15) is 27.7 Å². The van der Waals surface area contributed by atoms with Crippen LogP contribution in [-0.2, 0) is 0 Å². The van der Waals surface area contributed by atoms with Gasteiger partial charge < -0.3 is 0 Å². The van der Waals surface area contributed by atoms with Gasteiger partial charge in [0.05, 0.1) is 0 Å². The summed E-state index contributed by atoms with van der Waals surface area (Å²) in [7, 11) is 5.98. The number of halogens is 1. The summed E-state index contributed by atoms with van der Waals surface area (Å²) < 4.78 is 0.636. The zero-order chi connectivity index (χ0) is 8.59. The quantitative estimate of drug-likeness (QED) is 0.605. The average molecular weight is 229 g/mol. The predicted molar refractivity (Wildman–Crippen MR) is 52.1 cm³/mol. The molecule has 0 unspecified atom stereocenters. The van der Waals surface area contributed by atoms with E-state index < -0.39 is 0 Å². The molecule has 0 nitrogen and oxygen atoms in total. The van der Waals surface area contributed by atoms with E-state index in [2.05, 4.69) is 27.7 Å². The van der Waals surface area contributed by atoms with Crippen LogP contribution in [0.5, 0.6) is 0 Å². The van der Waals surface area contributed by atoms with Crippen molar-refractivity contribution in [1.82, 2.24) is 0 Å². The van der Waals surface area contributed by atoms with Gasteiger partial charge in [0, 0.05) is 0 Å².